The average Bonchev–Trinajstić information content (AvgIpc) is 2.89. The predicted octanol–water partition coefficient (Wildman–Crippen LogP) is 6.14. The predicted molar refractivity (Wildman–Crippen MR) is 145 cm³/mol. The molecule has 4 N–H and O–H groups in total. The van der Waals surface area contributed by atoms with Crippen LogP contribution in [0.4, 0.5) is 0 Å². The highest BCUT2D eigenvalue weighted by Gasteiger charge is 2.25. The molecule has 0 heterocycles. The highest BCUT2D eigenvalue weighted by Crippen LogP contribution is 2.27. The van der Waals surface area contributed by atoms with Crippen LogP contribution in [0.1, 0.15) is 82.3 Å². The normalized spacial score (nSPS) is 11.9. The largest absolute Gasteiger partial charge is 0.504 e. The van der Waals surface area contributed by atoms with E-state index in [0.717, 1.165) is 25.3 Å². The van der Waals surface area contributed by atoms with Crippen LogP contribution in [0, 0.1) is 0 Å². The Morgan fingerprint density at radius 1 is 0.763 bits per heavy atom. The van der Waals surface area contributed by atoms with Gasteiger partial charge in [-0.05, 0) is 47.9 Å². The van der Waals surface area contributed by atoms with Gasteiger partial charge in [-0.15, -0.1) is 0 Å². The van der Waals surface area contributed by atoms with Crippen molar-refractivity contribution in [2.24, 2.45) is 0 Å². The second-order valence-electron chi connectivity index (χ2n) is 9.38. The zero-order valence-corrected chi connectivity index (χ0v) is 22.1. The van der Waals surface area contributed by atoms with Crippen LogP contribution < -0.4 is 0 Å². The lowest BCUT2D eigenvalue weighted by Gasteiger charge is -2.16. The zero-order chi connectivity index (χ0) is 27.8. The molecule has 0 aliphatic carbocycles. The van der Waals surface area contributed by atoms with Gasteiger partial charge in [0.15, 0.2) is 23.0 Å². The molecular weight excluding hydrogens is 488 g/mol. The van der Waals surface area contributed by atoms with Crippen molar-refractivity contribution < 1.29 is 39.5 Å². The minimum atomic E-state index is -1.26. The number of hydrogen-bond acceptors (Lipinski definition) is 8. The standard InChI is InChI=1S/C30H40O8/c1-2-3-4-5-6-7-8-9-10-11-18-37-30(36)28(21-23-13-16-25(32)27(34)20-23)38-29(35)17-14-22-12-15-24(31)26(33)19-22/h12-17,19-20,28,31-34H,2-11,18,21H2,1H3/b17-14+. The Labute approximate surface area is 224 Å². The molecule has 0 aromatic heterocycles. The minimum Gasteiger partial charge on any atom is -0.504 e. The Morgan fingerprint density at radius 2 is 1.34 bits per heavy atom. The molecule has 0 amide bonds. The van der Waals surface area contributed by atoms with E-state index in [1.165, 1.54) is 81.0 Å². The summed E-state index contributed by atoms with van der Waals surface area (Å²) in [6.45, 7) is 2.42. The number of aromatic hydroxyl groups is 4. The van der Waals surface area contributed by atoms with Crippen LogP contribution in [0.3, 0.4) is 0 Å². The summed E-state index contributed by atoms with van der Waals surface area (Å²) in [5, 5.41) is 38.3. The fourth-order valence-corrected chi connectivity index (χ4v) is 3.93. The van der Waals surface area contributed by atoms with Gasteiger partial charge in [0.1, 0.15) is 0 Å². The summed E-state index contributed by atoms with van der Waals surface area (Å²) < 4.78 is 10.7. The third-order valence-electron chi connectivity index (χ3n) is 6.14. The van der Waals surface area contributed by atoms with Gasteiger partial charge in [-0.2, -0.15) is 0 Å². The molecule has 208 valence electrons. The SMILES string of the molecule is CCCCCCCCCCCCOC(=O)C(Cc1ccc(O)c(O)c1)OC(=O)/C=C/c1ccc(O)c(O)c1. The van der Waals surface area contributed by atoms with E-state index in [1.807, 2.05) is 0 Å². The molecule has 0 spiro atoms. The molecule has 38 heavy (non-hydrogen) atoms. The fraction of sp³-hybridized carbons (Fsp3) is 0.467. The molecule has 1 atom stereocenters. The Bertz CT molecular complexity index is 1050. The highest BCUT2D eigenvalue weighted by atomic mass is 16.6. The van der Waals surface area contributed by atoms with E-state index < -0.39 is 18.0 Å². The molecule has 0 fully saturated rings. The van der Waals surface area contributed by atoms with E-state index >= 15 is 0 Å². The number of phenols is 4. The van der Waals surface area contributed by atoms with Crippen molar-refractivity contribution in [1.29, 1.82) is 0 Å². The monoisotopic (exact) mass is 528 g/mol. The average molecular weight is 529 g/mol. The highest BCUT2D eigenvalue weighted by molar-refractivity contribution is 5.89. The Balaban J connectivity index is 1.87. The van der Waals surface area contributed by atoms with Crippen LogP contribution in [0.5, 0.6) is 23.0 Å². The number of carbonyl (C=O) groups excluding carboxylic acids is 2. The lowest BCUT2D eigenvalue weighted by molar-refractivity contribution is -0.165. The van der Waals surface area contributed by atoms with E-state index in [1.54, 1.807) is 0 Å². The van der Waals surface area contributed by atoms with Gasteiger partial charge in [-0.3, -0.25) is 0 Å². The van der Waals surface area contributed by atoms with Crippen LogP contribution in [0.2, 0.25) is 0 Å². The van der Waals surface area contributed by atoms with E-state index in [-0.39, 0.29) is 36.0 Å². The number of phenolic OH excluding ortho intramolecular Hbond substituents is 4. The summed E-state index contributed by atoms with van der Waals surface area (Å²) in [6, 6.07) is 8.15. The van der Waals surface area contributed by atoms with Gasteiger partial charge in [0.25, 0.3) is 0 Å². The lowest BCUT2D eigenvalue weighted by Crippen LogP contribution is -2.31. The van der Waals surface area contributed by atoms with Gasteiger partial charge in [0.05, 0.1) is 6.61 Å². The summed E-state index contributed by atoms with van der Waals surface area (Å²) in [4.78, 5) is 25.2. The van der Waals surface area contributed by atoms with Gasteiger partial charge in [0, 0.05) is 12.5 Å². The smallest absolute Gasteiger partial charge is 0.347 e. The Hall–Kier alpha value is -3.68. The Kier molecular flexibility index (Phi) is 13.6. The van der Waals surface area contributed by atoms with Crippen molar-refractivity contribution in [1.82, 2.24) is 0 Å². The van der Waals surface area contributed by atoms with Crippen LogP contribution in [0.15, 0.2) is 42.5 Å². The van der Waals surface area contributed by atoms with Gasteiger partial charge in [-0.1, -0.05) is 76.8 Å². The first-order valence-corrected chi connectivity index (χ1v) is 13.4. The maximum atomic E-state index is 12.8. The first kappa shape index (κ1) is 30.5. The molecular formula is C30H40O8. The lowest BCUT2D eigenvalue weighted by atomic mass is 10.1. The van der Waals surface area contributed by atoms with Crippen molar-refractivity contribution in [3.05, 3.63) is 53.6 Å². The van der Waals surface area contributed by atoms with Gasteiger partial charge in [-0.25, -0.2) is 9.59 Å². The van der Waals surface area contributed by atoms with Gasteiger partial charge >= 0.3 is 11.9 Å². The van der Waals surface area contributed by atoms with E-state index in [4.69, 9.17) is 9.47 Å². The molecule has 0 saturated heterocycles. The molecule has 1 unspecified atom stereocenters. The van der Waals surface area contributed by atoms with Crippen LogP contribution in [-0.4, -0.2) is 45.1 Å². The second-order valence-corrected chi connectivity index (χ2v) is 9.38. The summed E-state index contributed by atoms with van der Waals surface area (Å²) in [5.74, 6) is -2.77. The maximum absolute atomic E-state index is 12.8. The molecule has 0 saturated carbocycles. The van der Waals surface area contributed by atoms with Crippen LogP contribution in [0.25, 0.3) is 6.08 Å². The first-order chi connectivity index (χ1) is 18.3. The first-order valence-electron chi connectivity index (χ1n) is 13.4. The fourth-order valence-electron chi connectivity index (χ4n) is 3.93. The maximum Gasteiger partial charge on any atom is 0.347 e. The molecule has 8 heteroatoms. The number of esters is 2. The molecule has 0 aliphatic rings. The van der Waals surface area contributed by atoms with Crippen LogP contribution in [-0.2, 0) is 25.5 Å². The molecule has 0 bridgehead atoms. The van der Waals surface area contributed by atoms with Crippen molar-refractivity contribution >= 4 is 18.0 Å². The number of benzene rings is 2. The summed E-state index contributed by atoms with van der Waals surface area (Å²) in [7, 11) is 0. The van der Waals surface area contributed by atoms with Crippen molar-refractivity contribution in [2.45, 2.75) is 83.7 Å². The molecule has 2 rings (SSSR count). The van der Waals surface area contributed by atoms with Crippen molar-refractivity contribution in [2.75, 3.05) is 6.61 Å². The van der Waals surface area contributed by atoms with Crippen molar-refractivity contribution in [3.63, 3.8) is 0 Å². The van der Waals surface area contributed by atoms with E-state index in [9.17, 15) is 30.0 Å². The number of ether oxygens (including phenoxy) is 2. The van der Waals surface area contributed by atoms with Gasteiger partial charge < -0.3 is 29.9 Å². The van der Waals surface area contributed by atoms with Crippen molar-refractivity contribution in [3.8, 4) is 23.0 Å². The summed E-state index contributed by atoms with van der Waals surface area (Å²) >= 11 is 0. The molecule has 0 aliphatic heterocycles. The molecule has 2 aromatic rings. The van der Waals surface area contributed by atoms with E-state index in [0.29, 0.717) is 17.5 Å². The number of rotatable bonds is 17. The quantitative estimate of drug-likeness (QED) is 0.0832. The summed E-state index contributed by atoms with van der Waals surface area (Å²) in [5.41, 5.74) is 0.919. The topological polar surface area (TPSA) is 134 Å². The number of unbranched alkanes of at least 4 members (excludes halogenated alkanes) is 9. The minimum absolute atomic E-state index is 0.0513. The third kappa shape index (κ3) is 11.6. The van der Waals surface area contributed by atoms with Gasteiger partial charge in [0.2, 0.25) is 6.10 Å². The third-order valence-corrected chi connectivity index (χ3v) is 6.14. The second kappa shape index (κ2) is 16.9. The molecule has 8 nitrogen and oxygen atoms in total. The number of carbonyl (C=O) groups is 2. The summed E-state index contributed by atoms with van der Waals surface area (Å²) in [6.07, 6.45) is 12.7. The molecule has 0 radical (unpaired) electrons. The Morgan fingerprint density at radius 3 is 1.95 bits per heavy atom. The van der Waals surface area contributed by atoms with Crippen LogP contribution >= 0.6 is 0 Å². The zero-order valence-electron chi connectivity index (χ0n) is 22.1. The van der Waals surface area contributed by atoms with E-state index in [2.05, 4.69) is 6.92 Å². The molecule has 2 aromatic carbocycles. The number of hydrogen-bond donors (Lipinski definition) is 4.